The molecule has 2 aromatic carbocycles. The lowest BCUT2D eigenvalue weighted by Gasteiger charge is -2.31. The molecule has 8 nitrogen and oxygen atoms in total. The fraction of sp³-hybridized carbons (Fsp3) is 0.375. The molecule has 45 heavy (non-hydrogen) atoms. The number of nitrogens with one attached hydrogen (secondary N) is 1. The summed E-state index contributed by atoms with van der Waals surface area (Å²) in [5.74, 6) is -0.546. The number of benzene rings is 2. The largest absolute Gasteiger partial charge is 0.331 e. The number of rotatable bonds is 8. The third-order valence-corrected chi connectivity index (χ3v) is 10.0. The highest BCUT2D eigenvalue weighted by molar-refractivity contribution is 7.13. The lowest BCUT2D eigenvalue weighted by Crippen LogP contribution is -2.38. The molecule has 13 heteroatoms. The van der Waals surface area contributed by atoms with Crippen molar-refractivity contribution in [1.82, 2.24) is 24.3 Å². The zero-order valence-corrected chi connectivity index (χ0v) is 25.7. The maximum atomic E-state index is 14.3. The summed E-state index contributed by atoms with van der Waals surface area (Å²) < 4.78 is 41.5. The van der Waals surface area contributed by atoms with E-state index in [1.54, 1.807) is 22.2 Å². The Kier molecular flexibility index (Phi) is 8.13. The molecule has 1 saturated heterocycles. The third-order valence-electron chi connectivity index (χ3n) is 8.98. The molecule has 3 aliphatic heterocycles. The standard InChI is InChI=1S/C32H30ClF3N6O2S/c33-25-12-21(19-3-1-18(2-4-19)20-5-8-40(9-6-20)16-27(35)36)11-23-24(25)15-42(31(23)44)29(30(43)39-32-37-7-10-45-32)28-26-13-22(34)14-41(26)17-38-28/h1-4,7,10-12,17,20,22,27,29H,5-6,8-9,13-16H2,(H,37,39,43). The van der Waals surface area contributed by atoms with E-state index in [9.17, 15) is 22.8 Å². The van der Waals surface area contributed by atoms with Gasteiger partial charge in [-0.1, -0.05) is 35.9 Å². The number of piperidine rings is 1. The van der Waals surface area contributed by atoms with Gasteiger partial charge in [0.2, 0.25) is 0 Å². The van der Waals surface area contributed by atoms with Gasteiger partial charge in [-0.05, 0) is 60.7 Å². The van der Waals surface area contributed by atoms with E-state index in [1.165, 1.54) is 22.6 Å². The molecule has 7 rings (SSSR count). The van der Waals surface area contributed by atoms with Crippen LogP contribution in [-0.2, 0) is 24.3 Å². The molecule has 0 aliphatic carbocycles. The summed E-state index contributed by atoms with van der Waals surface area (Å²) in [5.41, 5.74) is 4.75. The van der Waals surface area contributed by atoms with E-state index >= 15 is 0 Å². The van der Waals surface area contributed by atoms with Crippen LogP contribution in [0.5, 0.6) is 0 Å². The van der Waals surface area contributed by atoms with Gasteiger partial charge in [0.1, 0.15) is 6.17 Å². The Morgan fingerprint density at radius 3 is 2.60 bits per heavy atom. The van der Waals surface area contributed by atoms with Crippen molar-refractivity contribution in [3.05, 3.63) is 87.4 Å². The summed E-state index contributed by atoms with van der Waals surface area (Å²) in [7, 11) is 0. The number of alkyl halides is 3. The molecule has 234 valence electrons. The molecular formula is C32H30ClF3N6O2S. The minimum atomic E-state index is -2.32. The van der Waals surface area contributed by atoms with Crippen molar-refractivity contribution in [1.29, 1.82) is 0 Å². The fourth-order valence-electron chi connectivity index (χ4n) is 6.74. The van der Waals surface area contributed by atoms with Gasteiger partial charge in [0.05, 0.1) is 25.1 Å². The first kappa shape index (κ1) is 29.9. The normalized spacial score (nSPS) is 19.3. The summed E-state index contributed by atoms with van der Waals surface area (Å²) in [6.07, 6.45) is 1.44. The smallest absolute Gasteiger partial charge is 0.255 e. The number of nitrogens with zero attached hydrogens (tertiary/aromatic N) is 5. The highest BCUT2D eigenvalue weighted by atomic mass is 35.5. The van der Waals surface area contributed by atoms with Crippen LogP contribution in [0.4, 0.5) is 18.3 Å². The number of anilines is 1. The number of hydrogen-bond donors (Lipinski definition) is 1. The highest BCUT2D eigenvalue weighted by Gasteiger charge is 2.42. The van der Waals surface area contributed by atoms with Crippen molar-refractivity contribution < 1.29 is 22.8 Å². The maximum absolute atomic E-state index is 14.3. The minimum Gasteiger partial charge on any atom is -0.331 e. The van der Waals surface area contributed by atoms with E-state index in [0.29, 0.717) is 51.7 Å². The second-order valence-electron chi connectivity index (χ2n) is 11.8. The highest BCUT2D eigenvalue weighted by Crippen LogP contribution is 2.40. The Bertz CT molecular complexity index is 1720. The van der Waals surface area contributed by atoms with Crippen LogP contribution in [0, 0.1) is 0 Å². The van der Waals surface area contributed by atoms with Gasteiger partial charge in [-0.3, -0.25) is 19.8 Å². The van der Waals surface area contributed by atoms with Gasteiger partial charge >= 0.3 is 0 Å². The Morgan fingerprint density at radius 2 is 1.89 bits per heavy atom. The Hall–Kier alpha value is -3.74. The number of hydrogen-bond acceptors (Lipinski definition) is 6. The van der Waals surface area contributed by atoms with Crippen LogP contribution >= 0.6 is 22.9 Å². The zero-order chi connectivity index (χ0) is 31.2. The molecule has 1 fully saturated rings. The van der Waals surface area contributed by atoms with Crippen molar-refractivity contribution in [3.8, 4) is 11.1 Å². The van der Waals surface area contributed by atoms with Crippen LogP contribution in [-0.4, -0.2) is 68.4 Å². The van der Waals surface area contributed by atoms with Gasteiger partial charge in [0, 0.05) is 46.4 Å². The SMILES string of the molecule is O=C(Nc1nccs1)C(c1ncn2c1CC(F)C2)N1Cc2c(Cl)cc(-c3ccc(C4CCN(CC(F)F)CC4)cc3)cc2C1=O. The van der Waals surface area contributed by atoms with Gasteiger partial charge < -0.3 is 9.47 Å². The van der Waals surface area contributed by atoms with Crippen LogP contribution < -0.4 is 5.32 Å². The predicted octanol–water partition coefficient (Wildman–Crippen LogP) is 6.33. The topological polar surface area (TPSA) is 83.4 Å². The Morgan fingerprint density at radius 1 is 1.11 bits per heavy atom. The quantitative estimate of drug-likeness (QED) is 0.240. The molecule has 4 aromatic rings. The fourth-order valence-corrected chi connectivity index (χ4v) is 7.55. The van der Waals surface area contributed by atoms with Crippen molar-refractivity contribution in [2.75, 3.05) is 25.0 Å². The number of likely N-dealkylation sites (tertiary alicyclic amines) is 1. The molecule has 1 N–H and O–H groups in total. The first-order valence-electron chi connectivity index (χ1n) is 14.9. The molecule has 3 aliphatic rings. The summed E-state index contributed by atoms with van der Waals surface area (Å²) in [6, 6.07) is 10.6. The van der Waals surface area contributed by atoms with E-state index in [1.807, 2.05) is 23.1 Å². The first-order valence-corrected chi connectivity index (χ1v) is 16.1. The predicted molar refractivity (Wildman–Crippen MR) is 165 cm³/mol. The van der Waals surface area contributed by atoms with Crippen molar-refractivity contribution in [2.24, 2.45) is 0 Å². The molecule has 0 spiro atoms. The second kappa shape index (κ2) is 12.2. The molecule has 5 heterocycles. The lowest BCUT2D eigenvalue weighted by atomic mass is 9.88. The van der Waals surface area contributed by atoms with Crippen LogP contribution in [0.2, 0.25) is 5.02 Å². The van der Waals surface area contributed by atoms with Gasteiger partial charge in [-0.15, -0.1) is 11.3 Å². The molecule has 2 unspecified atom stereocenters. The second-order valence-corrected chi connectivity index (χ2v) is 13.1. The number of fused-ring (bicyclic) bond motifs is 2. The van der Waals surface area contributed by atoms with Gasteiger partial charge in [-0.2, -0.15) is 0 Å². The van der Waals surface area contributed by atoms with E-state index in [0.717, 1.165) is 29.5 Å². The number of thiazole rings is 1. The number of aromatic nitrogens is 3. The number of imidazole rings is 1. The first-order chi connectivity index (χ1) is 21.7. The lowest BCUT2D eigenvalue weighted by molar-refractivity contribution is -0.121. The average molecular weight is 655 g/mol. The average Bonchev–Trinajstić information content (AvgIpc) is 3.81. The van der Waals surface area contributed by atoms with E-state index in [-0.39, 0.29) is 32.0 Å². The zero-order valence-electron chi connectivity index (χ0n) is 24.1. The number of carbonyl (C=O) groups excluding carboxylic acids is 2. The van der Waals surface area contributed by atoms with Crippen LogP contribution in [0.1, 0.15) is 57.7 Å². The van der Waals surface area contributed by atoms with Crippen LogP contribution in [0.3, 0.4) is 0 Å². The summed E-state index contributed by atoms with van der Waals surface area (Å²) >= 11 is 8.03. The van der Waals surface area contributed by atoms with Crippen molar-refractivity contribution in [3.63, 3.8) is 0 Å². The van der Waals surface area contributed by atoms with E-state index < -0.39 is 24.5 Å². The van der Waals surface area contributed by atoms with E-state index in [4.69, 9.17) is 11.6 Å². The number of amides is 2. The Labute approximate surface area is 266 Å². The molecule has 2 atom stereocenters. The molecule has 2 amide bonds. The van der Waals surface area contributed by atoms with Gasteiger partial charge in [-0.25, -0.2) is 23.1 Å². The maximum Gasteiger partial charge on any atom is 0.255 e. The van der Waals surface area contributed by atoms with Crippen LogP contribution in [0.25, 0.3) is 11.1 Å². The van der Waals surface area contributed by atoms with Crippen molar-refractivity contribution in [2.45, 2.75) is 56.9 Å². The number of halogens is 4. The molecule has 2 aromatic heterocycles. The molecule has 0 saturated carbocycles. The van der Waals surface area contributed by atoms with Crippen molar-refractivity contribution >= 4 is 39.9 Å². The number of carbonyl (C=O) groups is 2. The summed E-state index contributed by atoms with van der Waals surface area (Å²) in [4.78, 5) is 39.6. The van der Waals surface area contributed by atoms with Gasteiger partial charge in [0.15, 0.2) is 11.2 Å². The Balaban J connectivity index is 1.14. The summed E-state index contributed by atoms with van der Waals surface area (Å²) in [6.45, 7) is 1.37. The minimum absolute atomic E-state index is 0.0950. The molecule has 0 bridgehead atoms. The molecule has 0 radical (unpaired) electrons. The van der Waals surface area contributed by atoms with E-state index in [2.05, 4.69) is 27.4 Å². The monoisotopic (exact) mass is 654 g/mol. The third kappa shape index (κ3) is 5.86. The van der Waals surface area contributed by atoms with Gasteiger partial charge in [0.25, 0.3) is 18.2 Å². The van der Waals surface area contributed by atoms with Crippen LogP contribution in [0.15, 0.2) is 54.3 Å². The molecular weight excluding hydrogens is 625 g/mol. The summed E-state index contributed by atoms with van der Waals surface area (Å²) in [5, 5.41) is 5.32.